The van der Waals surface area contributed by atoms with Crippen LogP contribution in [-0.2, 0) is 22.6 Å². The Bertz CT molecular complexity index is 906. The van der Waals surface area contributed by atoms with Crippen molar-refractivity contribution in [2.45, 2.75) is 33.0 Å². The van der Waals surface area contributed by atoms with Crippen molar-refractivity contribution >= 4 is 5.97 Å². The molecule has 0 fully saturated rings. The van der Waals surface area contributed by atoms with Gasteiger partial charge in [-0.05, 0) is 43.7 Å². The Hall–Kier alpha value is -3.19. The van der Waals surface area contributed by atoms with Crippen molar-refractivity contribution in [2.24, 2.45) is 0 Å². The lowest BCUT2D eigenvalue weighted by Gasteiger charge is -2.12. The monoisotopic (exact) mass is 382 g/mol. The number of carboxylic acids is 1. The first-order valence-electron chi connectivity index (χ1n) is 8.99. The number of hydrogen-bond acceptors (Lipinski definition) is 6. The van der Waals surface area contributed by atoms with E-state index in [9.17, 15) is 9.90 Å². The lowest BCUT2D eigenvalue weighted by atomic mass is 10.1. The van der Waals surface area contributed by atoms with Crippen LogP contribution in [0.5, 0.6) is 5.75 Å². The maximum Gasteiger partial charge on any atom is 0.333 e. The van der Waals surface area contributed by atoms with Crippen LogP contribution >= 0.6 is 0 Å². The van der Waals surface area contributed by atoms with E-state index in [0.717, 1.165) is 11.1 Å². The van der Waals surface area contributed by atoms with Gasteiger partial charge in [-0.15, -0.1) is 0 Å². The summed E-state index contributed by atoms with van der Waals surface area (Å²) in [6, 6.07) is 11.0. The molecule has 1 aromatic carbocycles. The minimum absolute atomic E-state index is 0.269. The number of oxazole rings is 1. The van der Waals surface area contributed by atoms with E-state index in [-0.39, 0.29) is 6.61 Å². The first-order valence-corrected chi connectivity index (χ1v) is 8.99. The predicted octanol–water partition coefficient (Wildman–Crippen LogP) is 3.66. The van der Waals surface area contributed by atoms with Crippen LogP contribution < -0.4 is 4.74 Å². The fraction of sp³-hybridized carbons (Fsp3) is 0.286. The molecule has 7 nitrogen and oxygen atoms in total. The van der Waals surface area contributed by atoms with Gasteiger partial charge in [0.05, 0.1) is 5.56 Å². The largest absolute Gasteiger partial charge is 0.487 e. The first-order chi connectivity index (χ1) is 13.6. The van der Waals surface area contributed by atoms with Crippen LogP contribution in [0.3, 0.4) is 0 Å². The summed E-state index contributed by atoms with van der Waals surface area (Å²) in [6.45, 7) is 4.24. The van der Waals surface area contributed by atoms with E-state index in [1.54, 1.807) is 31.5 Å². The van der Waals surface area contributed by atoms with Crippen LogP contribution in [0.25, 0.3) is 11.5 Å². The van der Waals surface area contributed by atoms with Gasteiger partial charge in [-0.25, -0.2) is 9.78 Å². The van der Waals surface area contributed by atoms with Gasteiger partial charge >= 0.3 is 5.97 Å². The third-order valence-electron chi connectivity index (χ3n) is 4.16. The standard InChI is InChI=1S/C21H22N2O5/c1-3-26-19(21(24)25)11-15-6-8-17(9-7-15)27-13-18-14(2)28-20(23-18)16-5-4-10-22-12-16/h4-10,12,19H,3,11,13H2,1-2H3,(H,24,25). The number of nitrogens with zero attached hydrogens (tertiary/aromatic N) is 2. The predicted molar refractivity (Wildman–Crippen MR) is 102 cm³/mol. The van der Waals surface area contributed by atoms with Crippen molar-refractivity contribution in [1.29, 1.82) is 0 Å². The maximum absolute atomic E-state index is 11.2. The zero-order chi connectivity index (χ0) is 19.9. The van der Waals surface area contributed by atoms with Crippen molar-refractivity contribution in [1.82, 2.24) is 9.97 Å². The molecular weight excluding hydrogens is 360 g/mol. The number of aryl methyl sites for hydroxylation is 1. The molecule has 7 heteroatoms. The van der Waals surface area contributed by atoms with Crippen LogP contribution in [-0.4, -0.2) is 33.8 Å². The molecule has 0 saturated carbocycles. The zero-order valence-electron chi connectivity index (χ0n) is 15.8. The molecule has 0 spiro atoms. The second-order valence-electron chi connectivity index (χ2n) is 6.18. The Morgan fingerprint density at radius 3 is 2.68 bits per heavy atom. The molecule has 1 unspecified atom stereocenters. The molecule has 0 radical (unpaired) electrons. The molecule has 3 rings (SSSR count). The number of rotatable bonds is 9. The number of carboxylic acid groups (broad SMARTS) is 1. The van der Waals surface area contributed by atoms with Crippen LogP contribution in [0, 0.1) is 6.92 Å². The molecule has 2 heterocycles. The molecule has 3 aromatic rings. The van der Waals surface area contributed by atoms with Gasteiger partial charge in [0.15, 0.2) is 6.10 Å². The summed E-state index contributed by atoms with van der Waals surface area (Å²) in [6.07, 6.45) is 2.85. The number of aliphatic carboxylic acids is 1. The first kappa shape index (κ1) is 19.6. The van der Waals surface area contributed by atoms with E-state index >= 15 is 0 Å². The lowest BCUT2D eigenvalue weighted by molar-refractivity contribution is -0.149. The van der Waals surface area contributed by atoms with Crippen molar-refractivity contribution in [3.63, 3.8) is 0 Å². The number of hydrogen-bond donors (Lipinski definition) is 1. The minimum Gasteiger partial charge on any atom is -0.487 e. The van der Waals surface area contributed by atoms with Gasteiger partial charge in [-0.3, -0.25) is 4.98 Å². The summed E-state index contributed by atoms with van der Waals surface area (Å²) < 4.78 is 16.7. The quantitative estimate of drug-likeness (QED) is 0.603. The van der Waals surface area contributed by atoms with Crippen LogP contribution in [0.4, 0.5) is 0 Å². The molecule has 1 N–H and O–H groups in total. The fourth-order valence-electron chi connectivity index (χ4n) is 2.68. The van der Waals surface area contributed by atoms with Gasteiger partial charge in [-0.1, -0.05) is 12.1 Å². The highest BCUT2D eigenvalue weighted by atomic mass is 16.5. The molecule has 28 heavy (non-hydrogen) atoms. The topological polar surface area (TPSA) is 94.7 Å². The normalized spacial score (nSPS) is 11.9. The highest BCUT2D eigenvalue weighted by molar-refractivity contribution is 5.72. The molecule has 0 bridgehead atoms. The molecule has 0 saturated heterocycles. The fourth-order valence-corrected chi connectivity index (χ4v) is 2.68. The number of pyridine rings is 1. The minimum atomic E-state index is -0.965. The van der Waals surface area contributed by atoms with E-state index in [0.29, 0.717) is 36.1 Å². The number of aromatic nitrogens is 2. The Morgan fingerprint density at radius 2 is 2.04 bits per heavy atom. The molecule has 0 amide bonds. The Kier molecular flexibility index (Phi) is 6.39. The van der Waals surface area contributed by atoms with Gasteiger partial charge in [0.25, 0.3) is 0 Å². The summed E-state index contributed by atoms with van der Waals surface area (Å²) in [4.78, 5) is 19.7. The van der Waals surface area contributed by atoms with Gasteiger partial charge in [0.1, 0.15) is 23.8 Å². The van der Waals surface area contributed by atoms with Gasteiger partial charge in [0, 0.05) is 25.4 Å². The lowest BCUT2D eigenvalue weighted by Crippen LogP contribution is -2.26. The van der Waals surface area contributed by atoms with Crippen molar-refractivity contribution < 1.29 is 23.8 Å². The van der Waals surface area contributed by atoms with E-state index in [2.05, 4.69) is 9.97 Å². The smallest absolute Gasteiger partial charge is 0.333 e. The Morgan fingerprint density at radius 1 is 1.25 bits per heavy atom. The highest BCUT2D eigenvalue weighted by Gasteiger charge is 2.18. The van der Waals surface area contributed by atoms with Crippen LogP contribution in [0.15, 0.2) is 53.2 Å². The average Bonchev–Trinajstić information content (AvgIpc) is 3.08. The highest BCUT2D eigenvalue weighted by Crippen LogP contribution is 2.22. The van der Waals surface area contributed by atoms with Crippen LogP contribution in [0.2, 0.25) is 0 Å². The number of benzene rings is 1. The molecule has 0 aliphatic carbocycles. The molecular formula is C21H22N2O5. The van der Waals surface area contributed by atoms with E-state index < -0.39 is 12.1 Å². The molecule has 0 aliphatic rings. The molecule has 1 atom stereocenters. The third-order valence-corrected chi connectivity index (χ3v) is 4.16. The summed E-state index contributed by atoms with van der Waals surface area (Å²) in [5, 5.41) is 9.17. The third kappa shape index (κ3) is 4.95. The van der Waals surface area contributed by atoms with Gasteiger partial charge in [0.2, 0.25) is 5.89 Å². The summed E-state index contributed by atoms with van der Waals surface area (Å²) in [5.74, 6) is 0.900. The summed E-state index contributed by atoms with van der Waals surface area (Å²) in [7, 11) is 0. The van der Waals surface area contributed by atoms with Crippen molar-refractivity contribution in [3.8, 4) is 17.2 Å². The number of ether oxygens (including phenoxy) is 2. The van der Waals surface area contributed by atoms with Crippen molar-refractivity contribution in [2.75, 3.05) is 6.61 Å². The van der Waals surface area contributed by atoms with E-state index in [1.807, 2.05) is 31.2 Å². The second kappa shape index (κ2) is 9.14. The van der Waals surface area contributed by atoms with Gasteiger partial charge in [-0.2, -0.15) is 0 Å². The maximum atomic E-state index is 11.2. The van der Waals surface area contributed by atoms with E-state index in [1.165, 1.54) is 0 Å². The molecule has 2 aromatic heterocycles. The molecule has 0 aliphatic heterocycles. The van der Waals surface area contributed by atoms with Crippen LogP contribution in [0.1, 0.15) is 23.9 Å². The summed E-state index contributed by atoms with van der Waals surface area (Å²) >= 11 is 0. The SMILES string of the molecule is CCOC(Cc1ccc(OCc2nc(-c3cccnc3)oc2C)cc1)C(=O)O. The Balaban J connectivity index is 1.61. The molecule has 146 valence electrons. The summed E-state index contributed by atoms with van der Waals surface area (Å²) in [5.41, 5.74) is 2.39. The van der Waals surface area contributed by atoms with E-state index in [4.69, 9.17) is 13.9 Å². The zero-order valence-corrected chi connectivity index (χ0v) is 15.8. The Labute approximate surface area is 163 Å². The van der Waals surface area contributed by atoms with Crippen molar-refractivity contribution in [3.05, 3.63) is 65.8 Å². The number of carbonyl (C=O) groups is 1. The van der Waals surface area contributed by atoms with Gasteiger partial charge < -0.3 is 19.0 Å². The average molecular weight is 382 g/mol. The second-order valence-corrected chi connectivity index (χ2v) is 6.18.